The van der Waals surface area contributed by atoms with Crippen LogP contribution in [0.4, 0.5) is 5.69 Å². The van der Waals surface area contributed by atoms with Gasteiger partial charge in [0.25, 0.3) is 11.8 Å². The van der Waals surface area contributed by atoms with Gasteiger partial charge in [0.1, 0.15) is 11.7 Å². The van der Waals surface area contributed by atoms with E-state index in [1.807, 2.05) is 36.9 Å². The maximum absolute atomic E-state index is 13.1. The quantitative estimate of drug-likeness (QED) is 0.435. The third-order valence-corrected chi connectivity index (χ3v) is 6.57. The number of fused-ring (bicyclic) bond motifs is 1. The smallest absolute Gasteiger partial charge is 0.329 e. The lowest BCUT2D eigenvalue weighted by atomic mass is 9.94. The van der Waals surface area contributed by atoms with Crippen molar-refractivity contribution in [3.63, 3.8) is 0 Å². The molecular formula is C26H20ClN5O4. The van der Waals surface area contributed by atoms with Crippen LogP contribution in [0.3, 0.4) is 0 Å². The first-order valence-electron chi connectivity index (χ1n) is 11.4. The molecule has 6 rings (SSSR count). The Balaban J connectivity index is 1.52. The van der Waals surface area contributed by atoms with E-state index < -0.39 is 17.9 Å². The monoisotopic (exact) mass is 501 g/mol. The summed E-state index contributed by atoms with van der Waals surface area (Å²) in [6.07, 6.45) is 6.69. The Hall–Kier alpha value is -4.24. The normalized spacial score (nSPS) is 18.6. The molecule has 0 spiro atoms. The number of imide groups is 1. The zero-order chi connectivity index (χ0) is 25.1. The summed E-state index contributed by atoms with van der Waals surface area (Å²) < 4.78 is 7.19. The Morgan fingerprint density at radius 2 is 2.00 bits per heavy atom. The average Bonchev–Trinajstić information content (AvgIpc) is 3.44. The summed E-state index contributed by atoms with van der Waals surface area (Å²) in [5.74, 6) is -1.42. The number of rotatable bonds is 4. The number of nitrogens with zero attached hydrogens (tertiary/aromatic N) is 4. The molecule has 3 aliphatic heterocycles. The van der Waals surface area contributed by atoms with Crippen LogP contribution in [-0.4, -0.2) is 45.0 Å². The maximum Gasteiger partial charge on any atom is 0.329 e. The summed E-state index contributed by atoms with van der Waals surface area (Å²) in [7, 11) is 0. The highest BCUT2D eigenvalue weighted by Crippen LogP contribution is 2.40. The van der Waals surface area contributed by atoms with E-state index in [2.05, 4.69) is 15.3 Å². The Bertz CT molecular complexity index is 1580. The Morgan fingerprint density at radius 3 is 2.81 bits per heavy atom. The van der Waals surface area contributed by atoms with Crippen molar-refractivity contribution in [1.29, 1.82) is 0 Å². The van der Waals surface area contributed by atoms with Crippen LogP contribution in [0.25, 0.3) is 11.2 Å². The molecule has 3 aliphatic rings. The number of aromatic nitrogens is 2. The van der Waals surface area contributed by atoms with E-state index in [4.69, 9.17) is 16.3 Å². The standard InChI is InChI=1S/C26H20ClN5O4/c1-13(2)36-26(35)17-10-14-4-3-5-16-22(28-7-9-32(17)23(14)16)21-20(24(33)30-25(21)34)18-12-29-19-11-15(27)6-8-31(18)19/h3-9,11-13,17H,10H2,1-2H3,(H,30,33,34). The number of hydrogen-bond donors (Lipinski definition) is 1. The molecule has 0 saturated heterocycles. The lowest BCUT2D eigenvalue weighted by molar-refractivity contribution is -0.148. The molecule has 2 amide bonds. The fourth-order valence-corrected chi connectivity index (χ4v) is 5.07. The van der Waals surface area contributed by atoms with E-state index in [0.29, 0.717) is 34.1 Å². The van der Waals surface area contributed by atoms with Gasteiger partial charge >= 0.3 is 5.97 Å². The number of carbonyl (C=O) groups is 3. The summed E-state index contributed by atoms with van der Waals surface area (Å²) in [6.45, 7) is 3.62. The SMILES string of the molecule is CC(C)OC(=O)C1Cc2cccc3c2N1C=CN=C3C1=C(c2cnc3cc(Cl)ccn23)C(=O)NC1=O. The second kappa shape index (κ2) is 8.17. The van der Waals surface area contributed by atoms with Gasteiger partial charge in [-0.25, -0.2) is 9.78 Å². The molecule has 0 radical (unpaired) electrons. The molecule has 1 atom stereocenters. The second-order valence-corrected chi connectivity index (χ2v) is 9.39. The molecule has 1 aromatic carbocycles. The predicted molar refractivity (Wildman–Crippen MR) is 134 cm³/mol. The molecule has 1 N–H and O–H groups in total. The van der Waals surface area contributed by atoms with Crippen LogP contribution in [-0.2, 0) is 25.5 Å². The number of halogens is 1. The van der Waals surface area contributed by atoms with E-state index in [1.54, 1.807) is 28.9 Å². The molecule has 3 aromatic rings. The highest BCUT2D eigenvalue weighted by atomic mass is 35.5. The predicted octanol–water partition coefficient (Wildman–Crippen LogP) is 3.05. The number of ether oxygens (including phenoxy) is 1. The number of nitrogens with one attached hydrogen (secondary N) is 1. The number of amides is 2. The van der Waals surface area contributed by atoms with Gasteiger partial charge in [-0.3, -0.25) is 24.3 Å². The van der Waals surface area contributed by atoms with Gasteiger partial charge in [0, 0.05) is 41.7 Å². The number of para-hydroxylation sites is 1. The number of benzene rings is 1. The van der Waals surface area contributed by atoms with E-state index >= 15 is 0 Å². The largest absolute Gasteiger partial charge is 0.461 e. The van der Waals surface area contributed by atoms with E-state index in [0.717, 1.165) is 11.3 Å². The summed E-state index contributed by atoms with van der Waals surface area (Å²) >= 11 is 6.10. The van der Waals surface area contributed by atoms with Crippen LogP contribution in [0.1, 0.15) is 30.7 Å². The van der Waals surface area contributed by atoms with Gasteiger partial charge in [0.05, 0.1) is 40.5 Å². The van der Waals surface area contributed by atoms with E-state index in [9.17, 15) is 14.4 Å². The van der Waals surface area contributed by atoms with Crippen molar-refractivity contribution in [3.05, 3.63) is 82.5 Å². The molecule has 0 fully saturated rings. The molecule has 0 bridgehead atoms. The minimum absolute atomic E-state index is 0.143. The number of carbonyl (C=O) groups excluding carboxylic acids is 3. The number of pyridine rings is 1. The molecule has 9 nitrogen and oxygen atoms in total. The molecule has 0 saturated carbocycles. The highest BCUT2D eigenvalue weighted by Gasteiger charge is 2.41. The number of esters is 1. The molecule has 2 aromatic heterocycles. The molecule has 36 heavy (non-hydrogen) atoms. The van der Waals surface area contributed by atoms with Crippen LogP contribution >= 0.6 is 11.6 Å². The Morgan fingerprint density at radius 1 is 1.19 bits per heavy atom. The third-order valence-electron chi connectivity index (χ3n) is 6.34. The summed E-state index contributed by atoms with van der Waals surface area (Å²) in [5, 5.41) is 2.91. The molecule has 1 unspecified atom stereocenters. The van der Waals surface area contributed by atoms with Crippen molar-refractivity contribution in [1.82, 2.24) is 14.7 Å². The maximum atomic E-state index is 13.1. The zero-order valence-corrected chi connectivity index (χ0v) is 20.1. The summed E-state index contributed by atoms with van der Waals surface area (Å²) in [4.78, 5) is 49.8. The van der Waals surface area contributed by atoms with Gasteiger partial charge < -0.3 is 9.64 Å². The second-order valence-electron chi connectivity index (χ2n) is 8.95. The van der Waals surface area contributed by atoms with Gasteiger partial charge in [-0.1, -0.05) is 29.8 Å². The number of anilines is 1. The highest BCUT2D eigenvalue weighted by molar-refractivity contribution is 6.47. The minimum Gasteiger partial charge on any atom is -0.461 e. The van der Waals surface area contributed by atoms with E-state index in [1.165, 1.54) is 12.4 Å². The molecule has 180 valence electrons. The first kappa shape index (κ1) is 22.2. The third kappa shape index (κ3) is 3.35. The number of hydrogen-bond acceptors (Lipinski definition) is 7. The zero-order valence-electron chi connectivity index (χ0n) is 19.4. The fourth-order valence-electron chi connectivity index (χ4n) is 4.92. The van der Waals surface area contributed by atoms with Crippen LogP contribution in [0, 0.1) is 0 Å². The number of aliphatic imine (C=N–C) groups is 1. The van der Waals surface area contributed by atoms with Crippen molar-refractivity contribution in [2.75, 3.05) is 4.90 Å². The van der Waals surface area contributed by atoms with Crippen molar-refractivity contribution in [2.24, 2.45) is 4.99 Å². The topological polar surface area (TPSA) is 105 Å². The number of imidazole rings is 1. The fraction of sp³-hybridized carbons (Fsp3) is 0.192. The van der Waals surface area contributed by atoms with Crippen molar-refractivity contribution in [3.8, 4) is 0 Å². The molecule has 5 heterocycles. The van der Waals surface area contributed by atoms with Gasteiger partial charge in [-0.2, -0.15) is 0 Å². The minimum atomic E-state index is -0.551. The summed E-state index contributed by atoms with van der Waals surface area (Å²) in [5.41, 5.74) is 3.97. The molecule has 0 aliphatic carbocycles. The van der Waals surface area contributed by atoms with Crippen molar-refractivity contribution in [2.45, 2.75) is 32.4 Å². The van der Waals surface area contributed by atoms with Gasteiger partial charge in [-0.15, -0.1) is 0 Å². The summed E-state index contributed by atoms with van der Waals surface area (Å²) in [6, 6.07) is 8.43. The Kier molecular flexibility index (Phi) is 5.04. The van der Waals surface area contributed by atoms with E-state index in [-0.39, 0.29) is 23.2 Å². The van der Waals surface area contributed by atoms with Gasteiger partial charge in [-0.05, 0) is 25.5 Å². The van der Waals surface area contributed by atoms with Crippen molar-refractivity contribution >= 4 is 52.0 Å². The lowest BCUT2D eigenvalue weighted by Gasteiger charge is -2.23. The van der Waals surface area contributed by atoms with Crippen LogP contribution in [0.5, 0.6) is 0 Å². The van der Waals surface area contributed by atoms with Crippen LogP contribution in [0.15, 0.2) is 65.7 Å². The first-order valence-corrected chi connectivity index (χ1v) is 11.8. The van der Waals surface area contributed by atoms with Gasteiger partial charge in [0.15, 0.2) is 0 Å². The van der Waals surface area contributed by atoms with Crippen LogP contribution < -0.4 is 10.2 Å². The lowest BCUT2D eigenvalue weighted by Crippen LogP contribution is -2.37. The van der Waals surface area contributed by atoms with Crippen molar-refractivity contribution < 1.29 is 19.1 Å². The average molecular weight is 502 g/mol. The Labute approximate surface area is 210 Å². The molecule has 10 heteroatoms. The van der Waals surface area contributed by atoms with Crippen LogP contribution in [0.2, 0.25) is 5.02 Å². The first-order chi connectivity index (χ1) is 17.3. The molecular weight excluding hydrogens is 482 g/mol. The van der Waals surface area contributed by atoms with Gasteiger partial charge in [0.2, 0.25) is 0 Å².